The topological polar surface area (TPSA) is 18.5 Å². The van der Waals surface area contributed by atoms with Gasteiger partial charge in [-0.3, -0.25) is 0 Å². The highest BCUT2D eigenvalue weighted by molar-refractivity contribution is 5.43. The molecule has 18 heavy (non-hydrogen) atoms. The first kappa shape index (κ1) is 13.0. The van der Waals surface area contributed by atoms with Crippen molar-refractivity contribution in [2.45, 2.75) is 38.5 Å². The molecule has 0 aromatic heterocycles. The van der Waals surface area contributed by atoms with Gasteiger partial charge in [0.2, 0.25) is 0 Å². The summed E-state index contributed by atoms with van der Waals surface area (Å²) in [4.78, 5) is 0. The zero-order valence-electron chi connectivity index (χ0n) is 11.0. The molecule has 1 heterocycles. The number of aryl methyl sites for hydroxylation is 1. The van der Waals surface area contributed by atoms with Gasteiger partial charge in [-0.05, 0) is 43.4 Å². The molecule has 2 nitrogen and oxygen atoms in total. The van der Waals surface area contributed by atoms with Gasteiger partial charge >= 0.3 is 0 Å². The normalized spacial score (nSPS) is 13.3. The minimum Gasteiger partial charge on any atom is -0.486 e. The number of unbranched alkanes of at least 4 members (excludes halogenated alkanes) is 4. The van der Waals surface area contributed by atoms with Crippen LogP contribution in [0.1, 0.15) is 37.7 Å². The average Bonchev–Trinajstić information content (AvgIpc) is 2.42. The molecule has 2 rings (SSSR count). The summed E-state index contributed by atoms with van der Waals surface area (Å²) in [5.74, 6) is 1.79. The Balaban J connectivity index is 1.74. The summed E-state index contributed by atoms with van der Waals surface area (Å²) in [7, 11) is 0. The number of allylic oxidation sites excluding steroid dienone is 1. The van der Waals surface area contributed by atoms with Crippen LogP contribution in [0.2, 0.25) is 0 Å². The molecule has 0 N–H and O–H groups in total. The van der Waals surface area contributed by atoms with Crippen LogP contribution in [0, 0.1) is 0 Å². The van der Waals surface area contributed by atoms with Crippen molar-refractivity contribution in [3.63, 3.8) is 0 Å². The maximum atomic E-state index is 5.59. The predicted molar refractivity (Wildman–Crippen MR) is 74.4 cm³/mol. The van der Waals surface area contributed by atoms with Crippen LogP contribution in [0.3, 0.4) is 0 Å². The largest absolute Gasteiger partial charge is 0.486 e. The maximum Gasteiger partial charge on any atom is 0.161 e. The molecule has 0 fully saturated rings. The second kappa shape index (κ2) is 7.10. The molecule has 1 aliphatic heterocycles. The molecule has 0 saturated heterocycles. The number of hydrogen-bond acceptors (Lipinski definition) is 2. The standard InChI is InChI=1S/C16H22O2/c1-2-3-4-5-6-7-8-14-9-10-15-16(13-14)18-12-11-17-15/h2,9-10,13H,1,3-8,11-12H2. The Morgan fingerprint density at radius 3 is 2.61 bits per heavy atom. The van der Waals surface area contributed by atoms with E-state index in [9.17, 15) is 0 Å². The van der Waals surface area contributed by atoms with Gasteiger partial charge in [-0.1, -0.05) is 25.0 Å². The van der Waals surface area contributed by atoms with Crippen molar-refractivity contribution < 1.29 is 9.47 Å². The third kappa shape index (κ3) is 3.80. The Kier molecular flexibility index (Phi) is 5.13. The van der Waals surface area contributed by atoms with Gasteiger partial charge in [0.1, 0.15) is 13.2 Å². The lowest BCUT2D eigenvalue weighted by Gasteiger charge is -2.18. The third-order valence-electron chi connectivity index (χ3n) is 3.23. The van der Waals surface area contributed by atoms with Crippen LogP contribution in [-0.2, 0) is 6.42 Å². The van der Waals surface area contributed by atoms with Crippen molar-refractivity contribution >= 4 is 0 Å². The fourth-order valence-electron chi connectivity index (χ4n) is 2.21. The average molecular weight is 246 g/mol. The van der Waals surface area contributed by atoms with Gasteiger partial charge in [0.05, 0.1) is 0 Å². The van der Waals surface area contributed by atoms with Gasteiger partial charge < -0.3 is 9.47 Å². The van der Waals surface area contributed by atoms with Crippen LogP contribution in [0.15, 0.2) is 30.9 Å². The van der Waals surface area contributed by atoms with Gasteiger partial charge in [0.15, 0.2) is 11.5 Å². The smallest absolute Gasteiger partial charge is 0.161 e. The van der Waals surface area contributed by atoms with Crippen LogP contribution >= 0.6 is 0 Å². The van der Waals surface area contributed by atoms with Crippen molar-refractivity contribution in [2.75, 3.05) is 13.2 Å². The van der Waals surface area contributed by atoms with E-state index in [-0.39, 0.29) is 0 Å². The van der Waals surface area contributed by atoms with E-state index in [0.717, 1.165) is 24.3 Å². The fourth-order valence-corrected chi connectivity index (χ4v) is 2.21. The van der Waals surface area contributed by atoms with Gasteiger partial charge in [-0.25, -0.2) is 0 Å². The number of fused-ring (bicyclic) bond motifs is 1. The molecule has 0 saturated carbocycles. The van der Waals surface area contributed by atoms with E-state index in [4.69, 9.17) is 9.47 Å². The summed E-state index contributed by atoms with van der Waals surface area (Å²) in [5, 5.41) is 0. The second-order valence-corrected chi connectivity index (χ2v) is 4.72. The lowest BCUT2D eigenvalue weighted by Crippen LogP contribution is -2.15. The molecule has 0 amide bonds. The van der Waals surface area contributed by atoms with E-state index in [1.807, 2.05) is 12.1 Å². The molecule has 98 valence electrons. The van der Waals surface area contributed by atoms with Crippen molar-refractivity contribution in [3.05, 3.63) is 36.4 Å². The van der Waals surface area contributed by atoms with Crippen LogP contribution < -0.4 is 9.47 Å². The zero-order valence-corrected chi connectivity index (χ0v) is 11.0. The maximum absolute atomic E-state index is 5.59. The first-order valence-corrected chi connectivity index (χ1v) is 6.89. The Labute approximate surface area is 110 Å². The summed E-state index contributed by atoms with van der Waals surface area (Å²) >= 11 is 0. The molecule has 0 radical (unpaired) electrons. The highest BCUT2D eigenvalue weighted by Crippen LogP contribution is 2.31. The zero-order chi connectivity index (χ0) is 12.6. The summed E-state index contributed by atoms with van der Waals surface area (Å²) in [6.07, 6.45) is 9.38. The van der Waals surface area contributed by atoms with Crippen molar-refractivity contribution in [3.8, 4) is 11.5 Å². The summed E-state index contributed by atoms with van der Waals surface area (Å²) in [5.41, 5.74) is 1.35. The fraction of sp³-hybridized carbons (Fsp3) is 0.500. The van der Waals surface area contributed by atoms with Crippen LogP contribution in [-0.4, -0.2) is 13.2 Å². The van der Waals surface area contributed by atoms with Gasteiger partial charge in [0.25, 0.3) is 0 Å². The minimum atomic E-state index is 0.662. The Morgan fingerprint density at radius 2 is 1.78 bits per heavy atom. The number of ether oxygens (including phenoxy) is 2. The van der Waals surface area contributed by atoms with E-state index in [1.165, 1.54) is 31.2 Å². The molecule has 0 spiro atoms. The van der Waals surface area contributed by atoms with Crippen LogP contribution in [0.25, 0.3) is 0 Å². The number of hydrogen-bond donors (Lipinski definition) is 0. The van der Waals surface area contributed by atoms with E-state index in [2.05, 4.69) is 18.7 Å². The van der Waals surface area contributed by atoms with Gasteiger partial charge in [-0.2, -0.15) is 0 Å². The lowest BCUT2D eigenvalue weighted by molar-refractivity contribution is 0.171. The molecule has 0 bridgehead atoms. The summed E-state index contributed by atoms with van der Waals surface area (Å²) < 4.78 is 11.1. The van der Waals surface area contributed by atoms with Crippen molar-refractivity contribution in [2.24, 2.45) is 0 Å². The number of benzene rings is 1. The van der Waals surface area contributed by atoms with Gasteiger partial charge in [-0.15, -0.1) is 6.58 Å². The third-order valence-corrected chi connectivity index (χ3v) is 3.23. The molecule has 1 aliphatic rings. The highest BCUT2D eigenvalue weighted by atomic mass is 16.6. The van der Waals surface area contributed by atoms with Crippen molar-refractivity contribution in [1.82, 2.24) is 0 Å². The molecule has 0 aliphatic carbocycles. The Bertz CT molecular complexity index is 385. The van der Waals surface area contributed by atoms with E-state index < -0.39 is 0 Å². The minimum absolute atomic E-state index is 0.662. The molecule has 0 unspecified atom stereocenters. The van der Waals surface area contributed by atoms with Crippen LogP contribution in [0.4, 0.5) is 0 Å². The van der Waals surface area contributed by atoms with Crippen molar-refractivity contribution in [1.29, 1.82) is 0 Å². The quantitative estimate of drug-likeness (QED) is 0.532. The monoisotopic (exact) mass is 246 g/mol. The molecule has 1 aromatic rings. The first-order chi connectivity index (χ1) is 8.90. The lowest BCUT2D eigenvalue weighted by atomic mass is 10.0. The Hall–Kier alpha value is -1.44. The predicted octanol–water partition coefficient (Wildman–Crippen LogP) is 4.14. The second-order valence-electron chi connectivity index (χ2n) is 4.72. The molecule has 1 aromatic carbocycles. The summed E-state index contributed by atoms with van der Waals surface area (Å²) in [6, 6.07) is 6.30. The molecule has 2 heteroatoms. The molecular formula is C16H22O2. The molecular weight excluding hydrogens is 224 g/mol. The first-order valence-electron chi connectivity index (χ1n) is 6.89. The Morgan fingerprint density at radius 1 is 1.00 bits per heavy atom. The van der Waals surface area contributed by atoms with E-state index in [1.54, 1.807) is 0 Å². The highest BCUT2D eigenvalue weighted by Gasteiger charge is 2.11. The number of rotatable bonds is 7. The van der Waals surface area contributed by atoms with E-state index >= 15 is 0 Å². The van der Waals surface area contributed by atoms with Crippen LogP contribution in [0.5, 0.6) is 11.5 Å². The molecule has 0 atom stereocenters. The SMILES string of the molecule is C=CCCCCCCc1ccc2c(c1)OCCO2. The summed E-state index contributed by atoms with van der Waals surface area (Å²) in [6.45, 7) is 5.07. The van der Waals surface area contributed by atoms with E-state index in [0.29, 0.717) is 13.2 Å². The van der Waals surface area contributed by atoms with Gasteiger partial charge in [0, 0.05) is 0 Å².